The molecule has 0 unspecified atom stereocenters. The van der Waals surface area contributed by atoms with Crippen LogP contribution in [0.3, 0.4) is 0 Å². The van der Waals surface area contributed by atoms with Crippen molar-refractivity contribution >= 4 is 22.0 Å². The fourth-order valence-corrected chi connectivity index (χ4v) is 1.65. The summed E-state index contributed by atoms with van der Waals surface area (Å²) < 4.78 is 6.11. The first-order valence-electron chi connectivity index (χ1n) is 4.54. The summed E-state index contributed by atoms with van der Waals surface area (Å²) in [5.74, 6) is 0. The number of aromatic nitrogens is 2. The van der Waals surface area contributed by atoms with Crippen LogP contribution in [0.2, 0.25) is 0 Å². The molecule has 4 nitrogen and oxygen atoms in total. The van der Waals surface area contributed by atoms with E-state index in [1.807, 2.05) is 6.07 Å². The molecule has 0 aliphatic carbocycles. The molecular formula is C11H7N2O2+. The summed E-state index contributed by atoms with van der Waals surface area (Å²) >= 11 is 0. The van der Waals surface area contributed by atoms with Gasteiger partial charge in [0.25, 0.3) is 5.52 Å². The Balaban J connectivity index is 2.67. The molecule has 0 amide bonds. The van der Waals surface area contributed by atoms with Crippen molar-refractivity contribution in [3.63, 3.8) is 0 Å². The molecule has 0 spiro atoms. The van der Waals surface area contributed by atoms with Crippen molar-refractivity contribution in [2.75, 3.05) is 0 Å². The molecule has 0 N–H and O–H groups in total. The SMILES string of the molecule is O=[n+]1ccnc2c3cccoc3ccc21. The lowest BCUT2D eigenvalue weighted by Crippen LogP contribution is -2.14. The maximum atomic E-state index is 11.5. The van der Waals surface area contributed by atoms with Crippen molar-refractivity contribution in [1.82, 2.24) is 4.98 Å². The predicted molar refractivity (Wildman–Crippen MR) is 54.9 cm³/mol. The molecule has 72 valence electrons. The van der Waals surface area contributed by atoms with Crippen LogP contribution in [0, 0.1) is 4.91 Å². The van der Waals surface area contributed by atoms with Crippen LogP contribution >= 0.6 is 0 Å². The quantitative estimate of drug-likeness (QED) is 0.410. The molecule has 3 rings (SSSR count). The van der Waals surface area contributed by atoms with Crippen molar-refractivity contribution < 1.29 is 8.84 Å². The third kappa shape index (κ3) is 1.11. The lowest BCUT2D eigenvalue weighted by atomic mass is 10.2. The van der Waals surface area contributed by atoms with Crippen molar-refractivity contribution in [3.8, 4) is 0 Å². The van der Waals surface area contributed by atoms with E-state index in [0.29, 0.717) is 11.0 Å². The van der Waals surface area contributed by atoms with Gasteiger partial charge in [0.15, 0.2) is 5.52 Å². The standard InChI is InChI=1S/C11H7N2O2/c14-13-6-5-12-11-8-2-1-7-15-10(8)4-3-9(11)13/h1-7H/q+1. The molecule has 0 saturated carbocycles. The second kappa shape index (κ2) is 2.88. The minimum Gasteiger partial charge on any atom is -0.464 e. The highest BCUT2D eigenvalue weighted by Gasteiger charge is 2.10. The minimum atomic E-state index is 0.548. The first-order chi connectivity index (χ1) is 7.36. The summed E-state index contributed by atoms with van der Waals surface area (Å²) in [6, 6.07) is 7.15. The Hall–Kier alpha value is -2.23. The van der Waals surface area contributed by atoms with Crippen LogP contribution in [0.25, 0.3) is 22.0 Å². The predicted octanol–water partition coefficient (Wildman–Crippen LogP) is 1.90. The Kier molecular flexibility index (Phi) is 1.56. The molecular weight excluding hydrogens is 192 g/mol. The molecule has 15 heavy (non-hydrogen) atoms. The first kappa shape index (κ1) is 8.11. The number of hydrogen-bond donors (Lipinski definition) is 0. The summed E-state index contributed by atoms with van der Waals surface area (Å²) in [7, 11) is 0. The van der Waals surface area contributed by atoms with Crippen LogP contribution in [-0.4, -0.2) is 4.98 Å². The Morgan fingerprint density at radius 1 is 1.27 bits per heavy atom. The maximum Gasteiger partial charge on any atom is 0.289 e. The first-order valence-corrected chi connectivity index (χ1v) is 4.54. The topological polar surface area (TPSA) is 49.0 Å². The zero-order chi connectivity index (χ0) is 10.3. The molecule has 0 saturated heterocycles. The summed E-state index contributed by atoms with van der Waals surface area (Å²) in [6.07, 6.45) is 4.47. The van der Waals surface area contributed by atoms with Crippen molar-refractivity contribution in [3.05, 3.63) is 47.8 Å². The molecule has 2 heterocycles. The van der Waals surface area contributed by atoms with Gasteiger partial charge >= 0.3 is 0 Å². The second-order valence-electron chi connectivity index (χ2n) is 3.21. The highest BCUT2D eigenvalue weighted by molar-refractivity contribution is 5.99. The van der Waals surface area contributed by atoms with Gasteiger partial charge in [-0.1, -0.05) is 0 Å². The lowest BCUT2D eigenvalue weighted by Gasteiger charge is -1.95. The molecule has 0 bridgehead atoms. The fourth-order valence-electron chi connectivity index (χ4n) is 1.65. The van der Waals surface area contributed by atoms with E-state index in [0.717, 1.165) is 15.4 Å². The Morgan fingerprint density at radius 2 is 2.20 bits per heavy atom. The van der Waals surface area contributed by atoms with Crippen LogP contribution < -0.4 is 4.43 Å². The number of benzene rings is 1. The molecule has 0 radical (unpaired) electrons. The van der Waals surface area contributed by atoms with Gasteiger partial charge in [0.05, 0.1) is 16.9 Å². The third-order valence-corrected chi connectivity index (χ3v) is 2.34. The van der Waals surface area contributed by atoms with Crippen molar-refractivity contribution in [2.24, 2.45) is 0 Å². The van der Waals surface area contributed by atoms with Crippen molar-refractivity contribution in [2.45, 2.75) is 0 Å². The summed E-state index contributed by atoms with van der Waals surface area (Å²) in [4.78, 5) is 15.7. The smallest absolute Gasteiger partial charge is 0.289 e. The van der Waals surface area contributed by atoms with Gasteiger partial charge in [0, 0.05) is 16.4 Å². The highest BCUT2D eigenvalue weighted by Crippen LogP contribution is 2.20. The average molecular weight is 199 g/mol. The molecule has 3 aromatic rings. The van der Waals surface area contributed by atoms with E-state index < -0.39 is 0 Å². The monoisotopic (exact) mass is 199 g/mol. The molecule has 0 aliphatic rings. The number of fused-ring (bicyclic) bond motifs is 3. The van der Waals surface area contributed by atoms with Gasteiger partial charge in [-0.05, 0) is 18.2 Å². The Labute approximate surface area is 84.4 Å². The van der Waals surface area contributed by atoms with Gasteiger partial charge in [0.2, 0.25) is 6.20 Å². The lowest BCUT2D eigenvalue weighted by molar-refractivity contribution is -0.464. The zero-order valence-corrected chi connectivity index (χ0v) is 7.75. The minimum absolute atomic E-state index is 0.548. The Morgan fingerprint density at radius 3 is 3.13 bits per heavy atom. The average Bonchev–Trinajstić information content (AvgIpc) is 2.29. The number of nitrogens with zero attached hydrogens (tertiary/aromatic N) is 2. The van der Waals surface area contributed by atoms with E-state index in [2.05, 4.69) is 4.98 Å². The van der Waals surface area contributed by atoms with Gasteiger partial charge in [-0.2, -0.15) is 0 Å². The van der Waals surface area contributed by atoms with Crippen LogP contribution in [0.1, 0.15) is 0 Å². The normalized spacial score (nSPS) is 10.9. The fraction of sp³-hybridized carbons (Fsp3) is 0. The molecule has 1 aromatic carbocycles. The van der Waals surface area contributed by atoms with Crippen LogP contribution in [0.15, 0.2) is 47.3 Å². The van der Waals surface area contributed by atoms with Gasteiger partial charge in [-0.15, -0.1) is 0 Å². The van der Waals surface area contributed by atoms with E-state index >= 15 is 0 Å². The van der Waals surface area contributed by atoms with Gasteiger partial charge in [-0.3, -0.25) is 0 Å². The molecule has 2 aromatic heterocycles. The summed E-state index contributed by atoms with van der Waals surface area (Å²) in [5.41, 5.74) is 1.93. The van der Waals surface area contributed by atoms with E-state index in [1.54, 1.807) is 24.5 Å². The van der Waals surface area contributed by atoms with Gasteiger partial charge < -0.3 is 4.42 Å². The maximum absolute atomic E-state index is 11.5. The van der Waals surface area contributed by atoms with Crippen LogP contribution in [0.4, 0.5) is 0 Å². The number of hydrogen-bond acceptors (Lipinski definition) is 3. The van der Waals surface area contributed by atoms with E-state index in [1.165, 1.54) is 12.4 Å². The molecule has 0 atom stereocenters. The second-order valence-corrected chi connectivity index (χ2v) is 3.21. The third-order valence-electron chi connectivity index (χ3n) is 2.34. The summed E-state index contributed by atoms with van der Waals surface area (Å²) in [6.45, 7) is 0. The molecule has 0 aliphatic heterocycles. The van der Waals surface area contributed by atoms with Crippen LogP contribution in [0.5, 0.6) is 0 Å². The van der Waals surface area contributed by atoms with Crippen molar-refractivity contribution in [1.29, 1.82) is 0 Å². The molecule has 0 fully saturated rings. The van der Waals surface area contributed by atoms with E-state index in [-0.39, 0.29) is 0 Å². The largest absolute Gasteiger partial charge is 0.464 e. The van der Waals surface area contributed by atoms with E-state index in [4.69, 9.17) is 4.42 Å². The van der Waals surface area contributed by atoms with Gasteiger partial charge in [-0.25, -0.2) is 4.98 Å². The number of rotatable bonds is 0. The zero-order valence-electron chi connectivity index (χ0n) is 7.75. The van der Waals surface area contributed by atoms with E-state index in [9.17, 15) is 4.91 Å². The highest BCUT2D eigenvalue weighted by atomic mass is 16.3. The summed E-state index contributed by atoms with van der Waals surface area (Å²) in [5, 5.41) is 0.847. The van der Waals surface area contributed by atoms with Gasteiger partial charge in [0.1, 0.15) is 5.58 Å². The molecule has 4 heteroatoms. The Bertz CT molecular complexity index is 703. The van der Waals surface area contributed by atoms with Crippen LogP contribution in [-0.2, 0) is 0 Å².